The van der Waals surface area contributed by atoms with Crippen LogP contribution >= 0.6 is 0 Å². The molecule has 3 fully saturated rings. The molecule has 0 radical (unpaired) electrons. The van der Waals surface area contributed by atoms with Gasteiger partial charge in [0.25, 0.3) is 0 Å². The van der Waals surface area contributed by atoms with Gasteiger partial charge in [-0.2, -0.15) is 4.31 Å². The van der Waals surface area contributed by atoms with Crippen molar-refractivity contribution in [3.63, 3.8) is 0 Å². The molecule has 1 aromatic rings. The van der Waals surface area contributed by atoms with Gasteiger partial charge in [-0.3, -0.25) is 9.69 Å². The van der Waals surface area contributed by atoms with Crippen LogP contribution in [0.1, 0.15) is 38.5 Å². The summed E-state index contributed by atoms with van der Waals surface area (Å²) < 4.78 is 38.8. The minimum Gasteiger partial charge on any atom is -0.486 e. The number of fused-ring (bicyclic) bond motifs is 2. The first-order valence-electron chi connectivity index (χ1n) is 11.9. The van der Waals surface area contributed by atoms with Gasteiger partial charge in [0.05, 0.1) is 11.4 Å². The number of piperidine rings is 1. The highest BCUT2D eigenvalue weighted by atomic mass is 32.2. The predicted octanol–water partition coefficient (Wildman–Crippen LogP) is 1.95. The van der Waals surface area contributed by atoms with E-state index < -0.39 is 10.0 Å². The number of carbonyl (C=O) groups is 1. The zero-order valence-corrected chi connectivity index (χ0v) is 19.4. The molecule has 2 atom stereocenters. The molecule has 0 spiro atoms. The van der Waals surface area contributed by atoms with Crippen LogP contribution in [0.3, 0.4) is 0 Å². The summed E-state index contributed by atoms with van der Waals surface area (Å²) in [6, 6.07) is 5.21. The number of carbonyl (C=O) groups excluding carboxylic acids is 1. The van der Waals surface area contributed by atoms with Gasteiger partial charge in [-0.1, -0.05) is 12.8 Å². The maximum Gasteiger partial charge on any atom is 0.243 e. The Kier molecular flexibility index (Phi) is 6.31. The van der Waals surface area contributed by atoms with Crippen molar-refractivity contribution in [1.29, 1.82) is 0 Å². The third-order valence-electron chi connectivity index (χ3n) is 7.41. The Morgan fingerprint density at radius 2 is 1.62 bits per heavy atom. The Morgan fingerprint density at radius 3 is 2.44 bits per heavy atom. The molecule has 3 aliphatic heterocycles. The quantitative estimate of drug-likeness (QED) is 0.679. The zero-order valence-electron chi connectivity index (χ0n) is 18.6. The first-order chi connectivity index (χ1) is 15.5. The van der Waals surface area contributed by atoms with Gasteiger partial charge < -0.3 is 14.4 Å². The second-order valence-corrected chi connectivity index (χ2v) is 11.3. The fourth-order valence-corrected chi connectivity index (χ4v) is 7.12. The van der Waals surface area contributed by atoms with Crippen LogP contribution in [-0.2, 0) is 14.8 Å². The van der Waals surface area contributed by atoms with Gasteiger partial charge in [0.2, 0.25) is 15.9 Å². The summed E-state index contributed by atoms with van der Waals surface area (Å²) in [6.07, 6.45) is 7.27. The van der Waals surface area contributed by atoms with Gasteiger partial charge in [-0.25, -0.2) is 8.42 Å². The molecule has 4 aliphatic rings. The summed E-state index contributed by atoms with van der Waals surface area (Å²) >= 11 is 0. The van der Waals surface area contributed by atoms with Crippen LogP contribution in [0.4, 0.5) is 0 Å². The molecular formula is C23H33N3O5S. The summed E-state index contributed by atoms with van der Waals surface area (Å²) in [6.45, 7) is 4.06. The van der Waals surface area contributed by atoms with Crippen LogP contribution < -0.4 is 9.47 Å². The lowest BCUT2D eigenvalue weighted by Crippen LogP contribution is -2.55. The van der Waals surface area contributed by atoms with E-state index >= 15 is 0 Å². The largest absolute Gasteiger partial charge is 0.486 e. The number of amides is 1. The van der Waals surface area contributed by atoms with Crippen molar-refractivity contribution in [2.75, 3.05) is 52.5 Å². The topological polar surface area (TPSA) is 79.4 Å². The molecule has 8 nitrogen and oxygen atoms in total. The number of sulfonamides is 1. The monoisotopic (exact) mass is 463 g/mol. The Hall–Kier alpha value is -1.84. The van der Waals surface area contributed by atoms with Crippen LogP contribution in [0, 0.1) is 5.92 Å². The standard InChI is InChI=1S/C23H33N3O5S/c27-23(26-9-3-5-18-4-1-2-6-20(18)26)17-24-10-12-25(13-11-24)32(28,29)19-7-8-21-22(16-19)31-15-14-30-21/h7-8,16,18,20H,1-6,9-15,17H2/t18-,20+/m1/s1. The molecule has 176 valence electrons. The summed E-state index contributed by atoms with van der Waals surface area (Å²) in [5.74, 6) is 1.94. The average molecular weight is 464 g/mol. The van der Waals surface area contributed by atoms with E-state index in [1.54, 1.807) is 18.2 Å². The van der Waals surface area contributed by atoms with Gasteiger partial charge in [0, 0.05) is 44.8 Å². The Morgan fingerprint density at radius 1 is 0.906 bits per heavy atom. The molecule has 1 saturated carbocycles. The van der Waals surface area contributed by atoms with E-state index in [4.69, 9.17) is 9.47 Å². The number of ether oxygens (including phenoxy) is 2. The van der Waals surface area contributed by atoms with Gasteiger partial charge in [0.15, 0.2) is 11.5 Å². The minimum absolute atomic E-state index is 0.213. The molecule has 0 unspecified atom stereocenters. The van der Waals surface area contributed by atoms with Crippen LogP contribution in [0.15, 0.2) is 23.1 Å². The van der Waals surface area contributed by atoms with E-state index in [1.165, 1.54) is 30.0 Å². The van der Waals surface area contributed by atoms with Gasteiger partial charge >= 0.3 is 0 Å². The molecule has 0 N–H and O–H groups in total. The maximum absolute atomic E-state index is 13.1. The van der Waals surface area contributed by atoms with E-state index in [0.717, 1.165) is 19.4 Å². The fraction of sp³-hybridized carbons (Fsp3) is 0.696. The molecule has 3 heterocycles. The van der Waals surface area contributed by atoms with E-state index in [0.29, 0.717) is 69.4 Å². The lowest BCUT2D eigenvalue weighted by molar-refractivity contribution is -0.139. The van der Waals surface area contributed by atoms with Crippen LogP contribution in [0.25, 0.3) is 0 Å². The molecule has 1 aromatic carbocycles. The van der Waals surface area contributed by atoms with Crippen molar-refractivity contribution in [2.24, 2.45) is 5.92 Å². The predicted molar refractivity (Wildman–Crippen MR) is 119 cm³/mol. The molecular weight excluding hydrogens is 430 g/mol. The molecule has 9 heteroatoms. The van der Waals surface area contributed by atoms with Gasteiger partial charge in [-0.15, -0.1) is 0 Å². The molecule has 0 bridgehead atoms. The highest BCUT2D eigenvalue weighted by Gasteiger charge is 2.37. The SMILES string of the molecule is O=C(CN1CCN(S(=O)(=O)c2ccc3c(c2)OCCO3)CC1)N1CCC[C@H]2CCCC[C@@H]21. The molecule has 1 aliphatic carbocycles. The van der Waals surface area contributed by atoms with Crippen molar-refractivity contribution in [3.8, 4) is 11.5 Å². The summed E-state index contributed by atoms with van der Waals surface area (Å²) in [4.78, 5) is 17.5. The maximum atomic E-state index is 13.1. The van der Waals surface area contributed by atoms with Gasteiger partial charge in [-0.05, 0) is 43.7 Å². The lowest BCUT2D eigenvalue weighted by atomic mass is 9.78. The Balaban J connectivity index is 1.18. The fourth-order valence-electron chi connectivity index (χ4n) is 5.68. The van der Waals surface area contributed by atoms with Crippen molar-refractivity contribution in [3.05, 3.63) is 18.2 Å². The van der Waals surface area contributed by atoms with Crippen LogP contribution in [0.5, 0.6) is 11.5 Å². The number of nitrogens with zero attached hydrogens (tertiary/aromatic N) is 3. The smallest absolute Gasteiger partial charge is 0.243 e. The van der Waals surface area contributed by atoms with E-state index in [1.807, 2.05) is 0 Å². The molecule has 5 rings (SSSR count). The molecule has 1 amide bonds. The summed E-state index contributed by atoms with van der Waals surface area (Å²) in [5.41, 5.74) is 0. The summed E-state index contributed by atoms with van der Waals surface area (Å²) in [5, 5.41) is 0. The molecule has 0 aromatic heterocycles. The highest BCUT2D eigenvalue weighted by Crippen LogP contribution is 2.36. The molecule has 32 heavy (non-hydrogen) atoms. The first kappa shape index (κ1) is 22.0. The zero-order chi connectivity index (χ0) is 22.1. The third-order valence-corrected chi connectivity index (χ3v) is 9.30. The van der Waals surface area contributed by atoms with Crippen molar-refractivity contribution in [1.82, 2.24) is 14.1 Å². The highest BCUT2D eigenvalue weighted by molar-refractivity contribution is 7.89. The van der Waals surface area contributed by atoms with Crippen LogP contribution in [-0.4, -0.2) is 87.0 Å². The Labute approximate surface area is 190 Å². The van der Waals surface area contributed by atoms with Crippen molar-refractivity contribution in [2.45, 2.75) is 49.5 Å². The second kappa shape index (κ2) is 9.19. The number of rotatable bonds is 4. The Bertz CT molecular complexity index is 943. The average Bonchev–Trinajstić information content (AvgIpc) is 2.83. The van der Waals surface area contributed by atoms with Crippen molar-refractivity contribution >= 4 is 15.9 Å². The van der Waals surface area contributed by atoms with E-state index in [9.17, 15) is 13.2 Å². The lowest BCUT2D eigenvalue weighted by Gasteiger charge is -2.45. The first-order valence-corrected chi connectivity index (χ1v) is 13.4. The molecule has 2 saturated heterocycles. The number of piperazine rings is 1. The van der Waals surface area contributed by atoms with Crippen molar-refractivity contribution < 1.29 is 22.7 Å². The normalized spacial score (nSPS) is 27.1. The number of hydrogen-bond donors (Lipinski definition) is 0. The second-order valence-electron chi connectivity index (χ2n) is 9.33. The van der Waals surface area contributed by atoms with E-state index in [2.05, 4.69) is 9.80 Å². The van der Waals surface area contributed by atoms with Gasteiger partial charge in [0.1, 0.15) is 13.2 Å². The third kappa shape index (κ3) is 4.34. The number of hydrogen-bond acceptors (Lipinski definition) is 6. The van der Waals surface area contributed by atoms with Crippen LogP contribution in [0.2, 0.25) is 0 Å². The van der Waals surface area contributed by atoms with E-state index in [-0.39, 0.29) is 10.8 Å². The number of likely N-dealkylation sites (tertiary alicyclic amines) is 1. The minimum atomic E-state index is -3.61. The number of benzene rings is 1. The summed E-state index contributed by atoms with van der Waals surface area (Å²) in [7, 11) is -3.61.